The van der Waals surface area contributed by atoms with E-state index in [2.05, 4.69) is 12.2 Å². The van der Waals surface area contributed by atoms with E-state index in [1.54, 1.807) is 31.2 Å². The fraction of sp³-hybridized carbons (Fsp3) is 0.462. The van der Waals surface area contributed by atoms with Gasteiger partial charge in [0.2, 0.25) is 5.91 Å². The molecule has 0 spiro atoms. The lowest BCUT2D eigenvalue weighted by molar-refractivity contribution is -0.120. The normalized spacial score (nSPS) is 13.9. The maximum Gasteiger partial charge on any atom is 0.235 e. The fourth-order valence-electron chi connectivity index (χ4n) is 1.47. The Morgan fingerprint density at radius 3 is 2.83 bits per heavy atom. The van der Waals surface area contributed by atoms with Crippen LogP contribution in [0.4, 0.5) is 5.69 Å². The molecule has 1 aromatic rings. The molecule has 100 valence electrons. The van der Waals surface area contributed by atoms with E-state index < -0.39 is 16.0 Å². The Bertz CT molecular complexity index is 435. The van der Waals surface area contributed by atoms with Gasteiger partial charge in [-0.1, -0.05) is 19.4 Å². The zero-order valence-corrected chi connectivity index (χ0v) is 11.6. The molecule has 3 N–H and O–H groups in total. The second kappa shape index (κ2) is 7.16. The molecule has 4 nitrogen and oxygen atoms in total. The van der Waals surface area contributed by atoms with Crippen molar-refractivity contribution in [3.05, 3.63) is 24.3 Å². The van der Waals surface area contributed by atoms with Crippen LogP contribution in [0.1, 0.15) is 26.7 Å². The molecule has 0 radical (unpaired) electrons. The third kappa shape index (κ3) is 4.14. The second-order valence-electron chi connectivity index (χ2n) is 4.16. The highest BCUT2D eigenvalue weighted by Gasteiger charge is 2.20. The lowest BCUT2D eigenvalue weighted by Gasteiger charge is -2.12. The minimum atomic E-state index is -1.37. The molecule has 0 aromatic heterocycles. The fourth-order valence-corrected chi connectivity index (χ4v) is 2.62. The maximum atomic E-state index is 12.2. The van der Waals surface area contributed by atoms with Crippen LogP contribution >= 0.6 is 0 Å². The first-order chi connectivity index (χ1) is 8.56. The smallest absolute Gasteiger partial charge is 0.235 e. The molecule has 2 atom stereocenters. The summed E-state index contributed by atoms with van der Waals surface area (Å²) in [6.07, 6.45) is 1.95. The van der Waals surface area contributed by atoms with E-state index in [-0.39, 0.29) is 5.91 Å². The lowest BCUT2D eigenvalue weighted by atomic mass is 10.3. The van der Waals surface area contributed by atoms with Gasteiger partial charge in [-0.3, -0.25) is 9.00 Å². The van der Waals surface area contributed by atoms with Gasteiger partial charge in [0.15, 0.2) is 0 Å². The van der Waals surface area contributed by atoms with Crippen molar-refractivity contribution in [2.45, 2.75) is 36.8 Å². The number of nitrogen functional groups attached to an aromatic ring is 1. The number of rotatable bonds is 6. The van der Waals surface area contributed by atoms with E-state index in [1.165, 1.54) is 0 Å². The summed E-state index contributed by atoms with van der Waals surface area (Å²) in [5.74, 6) is -0.177. The summed E-state index contributed by atoms with van der Waals surface area (Å²) in [5, 5.41) is 2.22. The molecule has 18 heavy (non-hydrogen) atoms. The lowest BCUT2D eigenvalue weighted by Crippen LogP contribution is -2.35. The molecule has 0 bridgehead atoms. The molecule has 0 saturated heterocycles. The van der Waals surface area contributed by atoms with Crippen LogP contribution in [0.25, 0.3) is 0 Å². The summed E-state index contributed by atoms with van der Waals surface area (Å²) >= 11 is 0. The van der Waals surface area contributed by atoms with Crippen LogP contribution in [0.3, 0.4) is 0 Å². The molecule has 0 aliphatic heterocycles. The molecule has 5 heteroatoms. The number of carbonyl (C=O) groups excluding carboxylic acids is 1. The van der Waals surface area contributed by atoms with Gasteiger partial charge in [0, 0.05) is 17.1 Å². The Balaban J connectivity index is 2.63. The van der Waals surface area contributed by atoms with Crippen LogP contribution < -0.4 is 11.1 Å². The maximum absolute atomic E-state index is 12.2. The van der Waals surface area contributed by atoms with E-state index in [0.29, 0.717) is 17.1 Å². The highest BCUT2D eigenvalue weighted by molar-refractivity contribution is 7.86. The van der Waals surface area contributed by atoms with Crippen molar-refractivity contribution in [2.24, 2.45) is 0 Å². The van der Waals surface area contributed by atoms with Crippen LogP contribution in [0, 0.1) is 0 Å². The Kier molecular flexibility index (Phi) is 5.85. The molecule has 1 rings (SSSR count). The van der Waals surface area contributed by atoms with Crippen molar-refractivity contribution < 1.29 is 9.00 Å². The minimum Gasteiger partial charge on any atom is -0.399 e. The average molecular weight is 268 g/mol. The van der Waals surface area contributed by atoms with Crippen LogP contribution in [0.2, 0.25) is 0 Å². The number of hydrogen-bond acceptors (Lipinski definition) is 3. The number of unbranched alkanes of at least 4 members (excludes halogenated alkanes) is 1. The SMILES string of the molecule is CCCCNC(=O)C(C)S(=O)c1cccc(N)c1. The van der Waals surface area contributed by atoms with Gasteiger partial charge in [0.05, 0.1) is 10.8 Å². The third-order valence-electron chi connectivity index (χ3n) is 2.61. The van der Waals surface area contributed by atoms with Gasteiger partial charge >= 0.3 is 0 Å². The number of nitrogens with two attached hydrogens (primary N) is 1. The highest BCUT2D eigenvalue weighted by Crippen LogP contribution is 2.14. The summed E-state index contributed by atoms with van der Waals surface area (Å²) in [6.45, 7) is 4.36. The quantitative estimate of drug-likeness (QED) is 0.609. The van der Waals surface area contributed by atoms with Gasteiger partial charge in [-0.25, -0.2) is 0 Å². The molecule has 1 aromatic carbocycles. The Morgan fingerprint density at radius 2 is 2.22 bits per heavy atom. The van der Waals surface area contributed by atoms with Crippen molar-refractivity contribution in [2.75, 3.05) is 12.3 Å². The van der Waals surface area contributed by atoms with Crippen molar-refractivity contribution in [1.82, 2.24) is 5.32 Å². The van der Waals surface area contributed by atoms with E-state index in [1.807, 2.05) is 0 Å². The molecule has 0 aliphatic rings. The number of carbonyl (C=O) groups is 1. The molecular weight excluding hydrogens is 248 g/mol. The Morgan fingerprint density at radius 1 is 1.50 bits per heavy atom. The van der Waals surface area contributed by atoms with Gasteiger partial charge in [0.25, 0.3) is 0 Å². The predicted molar refractivity (Wildman–Crippen MR) is 74.6 cm³/mol. The zero-order chi connectivity index (χ0) is 13.5. The molecular formula is C13H20N2O2S. The van der Waals surface area contributed by atoms with Crippen LogP contribution in [0.5, 0.6) is 0 Å². The number of amides is 1. The molecule has 0 aliphatic carbocycles. The number of nitrogens with one attached hydrogen (secondary N) is 1. The van der Waals surface area contributed by atoms with E-state index in [0.717, 1.165) is 12.8 Å². The van der Waals surface area contributed by atoms with Gasteiger partial charge in [-0.2, -0.15) is 0 Å². The van der Waals surface area contributed by atoms with Gasteiger partial charge in [-0.05, 0) is 31.5 Å². The molecule has 0 fully saturated rings. The monoisotopic (exact) mass is 268 g/mol. The van der Waals surface area contributed by atoms with Crippen LogP contribution in [-0.2, 0) is 15.6 Å². The summed E-state index contributed by atoms with van der Waals surface area (Å²) < 4.78 is 12.2. The largest absolute Gasteiger partial charge is 0.399 e. The molecule has 1 amide bonds. The van der Waals surface area contributed by atoms with Gasteiger partial charge in [-0.15, -0.1) is 0 Å². The average Bonchev–Trinajstić information content (AvgIpc) is 2.37. The van der Waals surface area contributed by atoms with Crippen molar-refractivity contribution in [3.8, 4) is 0 Å². The first kappa shape index (κ1) is 14.7. The Labute approximate surface area is 110 Å². The standard InChI is InChI=1S/C13H20N2O2S/c1-3-4-8-15-13(16)10(2)18(17)12-7-5-6-11(14)9-12/h5-7,9-10H,3-4,8,14H2,1-2H3,(H,15,16). The summed E-state index contributed by atoms with van der Waals surface area (Å²) in [6, 6.07) is 6.84. The second-order valence-corrected chi connectivity index (χ2v) is 5.93. The number of anilines is 1. The summed E-state index contributed by atoms with van der Waals surface area (Å²) in [7, 11) is -1.37. The van der Waals surface area contributed by atoms with Crippen LogP contribution in [-0.4, -0.2) is 21.9 Å². The topological polar surface area (TPSA) is 72.2 Å². The first-order valence-corrected chi connectivity index (χ1v) is 7.31. The third-order valence-corrected chi connectivity index (χ3v) is 4.19. The predicted octanol–water partition coefficient (Wildman–Crippen LogP) is 1.68. The van der Waals surface area contributed by atoms with Crippen molar-refractivity contribution in [3.63, 3.8) is 0 Å². The van der Waals surface area contributed by atoms with Crippen molar-refractivity contribution >= 4 is 22.4 Å². The van der Waals surface area contributed by atoms with E-state index >= 15 is 0 Å². The van der Waals surface area contributed by atoms with Gasteiger partial charge < -0.3 is 11.1 Å². The number of benzene rings is 1. The first-order valence-electron chi connectivity index (χ1n) is 6.10. The van der Waals surface area contributed by atoms with Gasteiger partial charge in [0.1, 0.15) is 5.25 Å². The molecule has 2 unspecified atom stereocenters. The van der Waals surface area contributed by atoms with Crippen LogP contribution in [0.15, 0.2) is 29.2 Å². The van der Waals surface area contributed by atoms with Crippen molar-refractivity contribution in [1.29, 1.82) is 0 Å². The molecule has 0 saturated carbocycles. The minimum absolute atomic E-state index is 0.177. The Hall–Kier alpha value is -1.36. The number of hydrogen-bond donors (Lipinski definition) is 2. The molecule has 0 heterocycles. The summed E-state index contributed by atoms with van der Waals surface area (Å²) in [4.78, 5) is 12.4. The zero-order valence-electron chi connectivity index (χ0n) is 10.8. The summed E-state index contributed by atoms with van der Waals surface area (Å²) in [5.41, 5.74) is 6.19. The van der Waals surface area contributed by atoms with E-state index in [9.17, 15) is 9.00 Å². The van der Waals surface area contributed by atoms with E-state index in [4.69, 9.17) is 5.73 Å². The highest BCUT2D eigenvalue weighted by atomic mass is 32.2.